The Labute approximate surface area is 698 Å². The average molecular weight is 1760 g/mol. The Balaban J connectivity index is 0.746. The summed E-state index contributed by atoms with van der Waals surface area (Å²) in [5.41, 5.74) is -0.712. The van der Waals surface area contributed by atoms with Crippen LogP contribution in [0.25, 0.3) is 40.9 Å². The zero-order valence-corrected chi connectivity index (χ0v) is 64.5. The van der Waals surface area contributed by atoms with Crippen LogP contribution >= 0.6 is 0 Å². The summed E-state index contributed by atoms with van der Waals surface area (Å²) in [6.45, 7) is -5.16. The van der Waals surface area contributed by atoms with E-state index in [2.05, 4.69) is 0 Å². The number of phenolic OH excluding ortho intramolecular Hbond substituents is 4. The van der Waals surface area contributed by atoms with Gasteiger partial charge in [-0.05, 0) is 95.6 Å². The molecule has 4 aromatic carbocycles. The molecule has 7 aliphatic heterocycles. The maximum Gasteiger partial charge on any atom is 0.330 e. The Morgan fingerprint density at radius 1 is 0.339 bits per heavy atom. The summed E-state index contributed by atoms with van der Waals surface area (Å²) in [5.74, 6) is -8.49. The highest BCUT2D eigenvalue weighted by molar-refractivity contribution is 5.88. The Morgan fingerprint density at radius 2 is 0.694 bits per heavy atom. The first-order valence-corrected chi connectivity index (χ1v) is 37.9. The number of hydrogen-bond donors (Lipinski definition) is 24. The summed E-state index contributed by atoms with van der Waals surface area (Å²) in [7, 11) is 1.19. The maximum absolute atomic E-state index is 13.6. The molecule has 124 heavy (non-hydrogen) atoms. The number of aliphatic hydroxyl groups is 20. The molecular formula is C79H90O45. The number of esters is 3. The fraction of sp³-hybridized carbons (Fsp3) is 0.468. The van der Waals surface area contributed by atoms with Crippen molar-refractivity contribution >= 4 is 36.1 Å². The van der Waals surface area contributed by atoms with Crippen LogP contribution in [0.2, 0.25) is 0 Å². The zero-order valence-electron chi connectivity index (χ0n) is 64.5. The molecule has 676 valence electrons. The molecule has 0 spiro atoms. The molecule has 24 N–H and O–H groups in total. The number of phenols is 4. The Bertz CT molecular complexity index is 4760. The smallest absolute Gasteiger partial charge is 0.330 e. The molecule has 6 fully saturated rings. The van der Waals surface area contributed by atoms with Gasteiger partial charge in [-0.25, -0.2) is 14.4 Å². The minimum atomic E-state index is -2.34. The molecule has 7 heterocycles. The highest BCUT2D eigenvalue weighted by Gasteiger charge is 2.54. The summed E-state index contributed by atoms with van der Waals surface area (Å²) in [5, 5.41) is 256. The van der Waals surface area contributed by atoms with E-state index in [1.807, 2.05) is 0 Å². The van der Waals surface area contributed by atoms with Crippen LogP contribution in [-0.4, -0.2) is 371 Å². The van der Waals surface area contributed by atoms with Crippen LogP contribution in [0.15, 0.2) is 118 Å². The second-order valence-electron chi connectivity index (χ2n) is 29.1. The van der Waals surface area contributed by atoms with Crippen molar-refractivity contribution in [1.29, 1.82) is 0 Å². The molecule has 12 rings (SSSR count). The number of carbonyl (C=O) groups is 3. The molecule has 0 saturated carbocycles. The SMILES string of the molecule is COc1cc(-c2oc3cc(=O)cc(O[C@@H]4O[C@H](CO)[C@@H](O)[C@H](O)[C@H]4O)c-3cc2O[C@@H]2O[C@H](COC(=O)/C=C/c3ccc(O[C@@H]4O[C@H](COC(=O)/C=C/c5ccc(O)c(O[C@@H]6O[C@H](CO)[C@@H](O)[C@H](O)[C@H]6O)c5)[C@@H](O)[C@H](O)[C@H]4O)c(O)c3)[C@@H](O)[C@H](O)[C@H]2O[C@@H]2O[C@H](COC(=O)/C=C/c3ccc(O)c(O[C@@H]4O[C@H](CO)[C@@H](O)[C@H](O)[C@H]4O)c3)[C@@H](O)[C@H](O)[C@H]2O)ccc1O. The molecule has 30 atom stereocenters. The fourth-order valence-corrected chi connectivity index (χ4v) is 13.6. The summed E-state index contributed by atoms with van der Waals surface area (Å²) in [6, 6.07) is 17.2. The van der Waals surface area contributed by atoms with Crippen molar-refractivity contribution in [1.82, 2.24) is 0 Å². The predicted molar refractivity (Wildman–Crippen MR) is 403 cm³/mol. The number of ether oxygens (including phenoxy) is 16. The number of aliphatic hydroxyl groups excluding tert-OH is 20. The molecule has 0 aromatic heterocycles. The fourth-order valence-electron chi connectivity index (χ4n) is 13.6. The minimum absolute atomic E-state index is 0.0259. The Morgan fingerprint density at radius 3 is 1.13 bits per heavy atom. The van der Waals surface area contributed by atoms with Gasteiger partial charge in [0.1, 0.15) is 172 Å². The summed E-state index contributed by atoms with van der Waals surface area (Å²) in [6.07, 6.45) is -51.1. The molecule has 45 nitrogen and oxygen atoms in total. The van der Waals surface area contributed by atoms with E-state index in [0.717, 1.165) is 85.0 Å². The molecule has 45 heteroatoms. The largest absolute Gasteiger partial charge is 0.504 e. The van der Waals surface area contributed by atoms with Gasteiger partial charge >= 0.3 is 17.9 Å². The van der Waals surface area contributed by atoms with Crippen molar-refractivity contribution in [2.45, 2.75) is 184 Å². The molecule has 1 aliphatic carbocycles. The molecule has 4 aromatic rings. The van der Waals surface area contributed by atoms with Gasteiger partial charge in [-0.3, -0.25) is 4.79 Å². The molecule has 8 aliphatic rings. The monoisotopic (exact) mass is 1760 g/mol. The number of hydrogen-bond acceptors (Lipinski definition) is 45. The van der Waals surface area contributed by atoms with E-state index in [4.69, 9.17) is 80.2 Å². The topological polar surface area (TPSA) is 715 Å². The molecule has 0 radical (unpaired) electrons. The number of benzene rings is 5. The van der Waals surface area contributed by atoms with Crippen LogP contribution in [0.5, 0.6) is 57.5 Å². The lowest BCUT2D eigenvalue weighted by Gasteiger charge is -2.46. The van der Waals surface area contributed by atoms with Crippen molar-refractivity contribution in [3.8, 4) is 80.1 Å². The lowest BCUT2D eigenvalue weighted by atomic mass is 9.97. The summed E-state index contributed by atoms with van der Waals surface area (Å²) < 4.78 is 96.9. The van der Waals surface area contributed by atoms with Gasteiger partial charge in [-0.1, -0.05) is 18.2 Å². The van der Waals surface area contributed by atoms with Crippen molar-refractivity contribution in [2.75, 3.05) is 46.8 Å². The molecule has 0 amide bonds. The van der Waals surface area contributed by atoms with E-state index in [1.54, 1.807) is 0 Å². The second kappa shape index (κ2) is 40.4. The number of aromatic hydroxyl groups is 4. The predicted octanol–water partition coefficient (Wildman–Crippen LogP) is -7.25. The van der Waals surface area contributed by atoms with Crippen LogP contribution in [-0.2, 0) is 61.8 Å². The molecule has 0 unspecified atom stereocenters. The third-order valence-electron chi connectivity index (χ3n) is 20.6. The third kappa shape index (κ3) is 21.0. The van der Waals surface area contributed by atoms with Gasteiger partial charge < -0.3 is 203 Å². The van der Waals surface area contributed by atoms with Crippen LogP contribution in [0, 0.1) is 0 Å². The lowest BCUT2D eigenvalue weighted by Crippen LogP contribution is -2.65. The lowest BCUT2D eigenvalue weighted by molar-refractivity contribution is -0.358. The van der Waals surface area contributed by atoms with E-state index >= 15 is 0 Å². The standard InChI is InChI=1S/C79H90O45/c1-108-42-19-32(8-11-35(42)84)72-45(22-34-40(112-72)20-33(83)21-41(34)114-75-67(103)61(97)55(91)46(23-80)118-75)117-79-73(124-78-71(107)65(101)59(95)50(122-78)27-110-54(90)15-7-31-3-10-37(86)44(18-31)116-77-69(105)63(99)57(93)48(25-82)120-77)66(102)60(96)51(123-79)28-111-52(88)13-5-29-4-12-39(38(87)16-29)113-74-70(106)64(100)58(94)49(121-74)26-109-53(89)14-6-30-2-9-36(85)43(17-30)115-76-68(104)62(98)56(92)47(24-81)119-76/h2-22,46-51,55-71,73-82,84-87,91-107H,23-28H2,1H3/b13-5+,14-6+,15-7+/t46-,47-,48-,49-,50-,51-,55-,56-,57-,58-,59-,60-,61+,62+,63+,64+,65+,66+,67-,68-,69-,70-,71-,73-,74-,75-,76-,77-,78+,79-/m1/s1. The third-order valence-corrected chi connectivity index (χ3v) is 20.6. The van der Waals surface area contributed by atoms with Crippen molar-refractivity contribution in [3.05, 3.63) is 136 Å². The van der Waals surface area contributed by atoms with Gasteiger partial charge in [-0.2, -0.15) is 0 Å². The summed E-state index contributed by atoms with van der Waals surface area (Å²) in [4.78, 5) is 53.3. The van der Waals surface area contributed by atoms with E-state index in [1.165, 1.54) is 49.6 Å². The van der Waals surface area contributed by atoms with Crippen molar-refractivity contribution in [2.24, 2.45) is 0 Å². The van der Waals surface area contributed by atoms with Gasteiger partial charge in [0.15, 0.2) is 75.3 Å². The van der Waals surface area contributed by atoms with Gasteiger partial charge in [-0.15, -0.1) is 0 Å². The maximum atomic E-state index is 13.6. The number of carbonyl (C=O) groups excluding carboxylic acids is 3. The first-order chi connectivity index (χ1) is 59.1. The van der Waals surface area contributed by atoms with Gasteiger partial charge in [0, 0.05) is 35.9 Å². The summed E-state index contributed by atoms with van der Waals surface area (Å²) >= 11 is 0. The van der Waals surface area contributed by atoms with E-state index < -0.39 is 287 Å². The zero-order chi connectivity index (χ0) is 89.6. The number of fused-ring (bicyclic) bond motifs is 1. The van der Waals surface area contributed by atoms with E-state index in [0.29, 0.717) is 0 Å². The number of rotatable bonds is 29. The number of methoxy groups -OCH3 is 1. The van der Waals surface area contributed by atoms with Crippen molar-refractivity contribution in [3.63, 3.8) is 0 Å². The van der Waals surface area contributed by atoms with Crippen LogP contribution in [0.4, 0.5) is 0 Å². The molecule has 6 saturated heterocycles. The van der Waals surface area contributed by atoms with Gasteiger partial charge in [0.2, 0.25) is 31.5 Å². The van der Waals surface area contributed by atoms with Crippen LogP contribution in [0.1, 0.15) is 16.7 Å². The first kappa shape index (κ1) is 93.0. The minimum Gasteiger partial charge on any atom is -0.504 e. The van der Waals surface area contributed by atoms with E-state index in [9.17, 15) is 142 Å². The Kier molecular flexibility index (Phi) is 30.3. The second-order valence-corrected chi connectivity index (χ2v) is 29.1. The average Bonchev–Trinajstić information content (AvgIpc) is 0.757. The highest BCUT2D eigenvalue weighted by atomic mass is 16.8. The Hall–Kier alpha value is -10.1. The molecule has 0 bridgehead atoms. The van der Waals surface area contributed by atoms with Crippen LogP contribution < -0.4 is 33.8 Å². The van der Waals surface area contributed by atoms with Crippen molar-refractivity contribution < 1.29 is 217 Å². The van der Waals surface area contributed by atoms with Gasteiger partial charge in [0.25, 0.3) is 0 Å². The van der Waals surface area contributed by atoms with Gasteiger partial charge in [0.05, 0.1) is 32.5 Å². The normalized spacial score (nSPS) is 34.0. The van der Waals surface area contributed by atoms with Crippen LogP contribution in [0.3, 0.4) is 0 Å². The molecular weight excluding hydrogens is 1670 g/mol. The first-order valence-electron chi connectivity index (χ1n) is 37.9. The van der Waals surface area contributed by atoms with E-state index in [-0.39, 0.29) is 56.6 Å². The quantitative estimate of drug-likeness (QED) is 0.0118. The highest BCUT2D eigenvalue weighted by Crippen LogP contribution is 2.46.